The Morgan fingerprint density at radius 1 is 1.21 bits per heavy atom. The second kappa shape index (κ2) is 9.65. The summed E-state index contributed by atoms with van der Waals surface area (Å²) >= 11 is 7.84. The van der Waals surface area contributed by atoms with E-state index in [1.54, 1.807) is 11.8 Å². The molecule has 2 heterocycles. The fourth-order valence-electron chi connectivity index (χ4n) is 4.13. The minimum absolute atomic E-state index is 0.104. The molecule has 1 amide bonds. The van der Waals surface area contributed by atoms with E-state index >= 15 is 0 Å². The standard InChI is InChI=1S/C22H29ClN4OS/c1-26-10-12-27(13-11-26)9-8-24-21(28)15-29-22-17-4-2-3-5-19(17)25-20-14-16(23)6-7-18(20)22/h6-7,14H,2-5,8-13,15H2,1H3,(H,24,28). The van der Waals surface area contributed by atoms with Crippen LogP contribution in [-0.2, 0) is 17.6 Å². The van der Waals surface area contributed by atoms with Gasteiger partial charge in [-0.05, 0) is 50.4 Å². The SMILES string of the molecule is CN1CCN(CCNC(=O)CSc2c3c(nc4cc(Cl)ccc24)CCCC3)CC1. The number of nitrogens with one attached hydrogen (secondary N) is 1. The van der Waals surface area contributed by atoms with Crippen molar-refractivity contribution < 1.29 is 4.79 Å². The summed E-state index contributed by atoms with van der Waals surface area (Å²) in [5.41, 5.74) is 3.46. The van der Waals surface area contributed by atoms with Crippen molar-refractivity contribution in [3.05, 3.63) is 34.5 Å². The molecular formula is C22H29ClN4OS. The number of halogens is 1. The number of nitrogens with zero attached hydrogens (tertiary/aromatic N) is 3. The van der Waals surface area contributed by atoms with Crippen LogP contribution < -0.4 is 5.32 Å². The molecule has 0 atom stereocenters. The van der Waals surface area contributed by atoms with E-state index in [0.29, 0.717) is 17.3 Å². The molecule has 0 unspecified atom stereocenters. The van der Waals surface area contributed by atoms with Crippen LogP contribution >= 0.6 is 23.4 Å². The summed E-state index contributed by atoms with van der Waals surface area (Å²) in [5.74, 6) is 0.546. The van der Waals surface area contributed by atoms with Crippen LogP contribution in [0.3, 0.4) is 0 Å². The molecule has 2 aliphatic rings. The van der Waals surface area contributed by atoms with Crippen molar-refractivity contribution in [2.75, 3.05) is 52.1 Å². The maximum atomic E-state index is 12.5. The molecular weight excluding hydrogens is 404 g/mol. The molecule has 0 spiro atoms. The smallest absolute Gasteiger partial charge is 0.230 e. The van der Waals surface area contributed by atoms with Crippen molar-refractivity contribution in [3.63, 3.8) is 0 Å². The number of fused-ring (bicyclic) bond motifs is 2. The Morgan fingerprint density at radius 2 is 2.00 bits per heavy atom. The number of rotatable bonds is 6. The third-order valence-corrected chi connectivity index (χ3v) is 7.26. The second-order valence-electron chi connectivity index (χ2n) is 8.02. The number of thioether (sulfide) groups is 1. The lowest BCUT2D eigenvalue weighted by Gasteiger charge is -2.32. The van der Waals surface area contributed by atoms with Gasteiger partial charge in [-0.15, -0.1) is 11.8 Å². The Balaban J connectivity index is 1.38. The van der Waals surface area contributed by atoms with E-state index in [9.17, 15) is 4.79 Å². The molecule has 1 saturated heterocycles. The van der Waals surface area contributed by atoms with Crippen molar-refractivity contribution >= 4 is 40.2 Å². The minimum atomic E-state index is 0.104. The number of carbonyl (C=O) groups excluding carboxylic acids is 1. The highest BCUT2D eigenvalue weighted by atomic mass is 35.5. The first kappa shape index (κ1) is 20.9. The highest BCUT2D eigenvalue weighted by Gasteiger charge is 2.20. The Bertz CT molecular complexity index is 883. The number of pyridine rings is 1. The number of carbonyl (C=O) groups is 1. The topological polar surface area (TPSA) is 48.5 Å². The van der Waals surface area contributed by atoms with Crippen molar-refractivity contribution in [2.45, 2.75) is 30.6 Å². The monoisotopic (exact) mass is 432 g/mol. The fraction of sp³-hybridized carbons (Fsp3) is 0.545. The fourth-order valence-corrected chi connectivity index (χ4v) is 5.40. The van der Waals surface area contributed by atoms with E-state index in [1.807, 2.05) is 18.2 Å². The molecule has 5 nitrogen and oxygen atoms in total. The maximum Gasteiger partial charge on any atom is 0.230 e. The first-order chi connectivity index (χ1) is 14.1. The average molecular weight is 433 g/mol. The van der Waals surface area contributed by atoms with Gasteiger partial charge in [0.25, 0.3) is 0 Å². The summed E-state index contributed by atoms with van der Waals surface area (Å²) in [6.07, 6.45) is 4.44. The number of piperazine rings is 1. The predicted molar refractivity (Wildman–Crippen MR) is 121 cm³/mol. The van der Waals surface area contributed by atoms with E-state index in [2.05, 4.69) is 22.2 Å². The molecule has 29 heavy (non-hydrogen) atoms. The van der Waals surface area contributed by atoms with Crippen LogP contribution in [0.4, 0.5) is 0 Å². The van der Waals surface area contributed by atoms with Crippen molar-refractivity contribution in [1.82, 2.24) is 20.1 Å². The van der Waals surface area contributed by atoms with Gasteiger partial charge in [-0.2, -0.15) is 0 Å². The van der Waals surface area contributed by atoms with Crippen LogP contribution in [0.1, 0.15) is 24.1 Å². The quantitative estimate of drug-likeness (QED) is 0.710. The first-order valence-corrected chi connectivity index (χ1v) is 11.9. The third-order valence-electron chi connectivity index (χ3n) is 5.87. The molecule has 7 heteroatoms. The molecule has 156 valence electrons. The normalized spacial score (nSPS) is 18.0. The van der Waals surface area contributed by atoms with Gasteiger partial charge < -0.3 is 10.2 Å². The molecule has 0 saturated carbocycles. The first-order valence-electron chi connectivity index (χ1n) is 10.5. The summed E-state index contributed by atoms with van der Waals surface area (Å²) in [4.78, 5) is 23.3. The van der Waals surface area contributed by atoms with Crippen molar-refractivity contribution in [1.29, 1.82) is 0 Å². The Hall–Kier alpha value is -1.34. The Morgan fingerprint density at radius 3 is 2.83 bits per heavy atom. The minimum Gasteiger partial charge on any atom is -0.354 e. The number of aromatic nitrogens is 1. The van der Waals surface area contributed by atoms with Gasteiger partial charge in [0.05, 0.1) is 11.3 Å². The summed E-state index contributed by atoms with van der Waals surface area (Å²) in [6.45, 7) is 6.02. The predicted octanol–water partition coefficient (Wildman–Crippen LogP) is 3.22. The summed E-state index contributed by atoms with van der Waals surface area (Å²) in [6, 6.07) is 5.90. The number of likely N-dealkylation sites (N-methyl/N-ethyl adjacent to an activating group) is 1. The van der Waals surface area contributed by atoms with Gasteiger partial charge >= 0.3 is 0 Å². The average Bonchev–Trinajstić information content (AvgIpc) is 2.72. The third kappa shape index (κ3) is 5.23. The largest absolute Gasteiger partial charge is 0.354 e. The molecule has 1 aliphatic carbocycles. The summed E-state index contributed by atoms with van der Waals surface area (Å²) in [7, 11) is 2.16. The van der Waals surface area contributed by atoms with Crippen LogP contribution in [0.25, 0.3) is 10.9 Å². The number of benzene rings is 1. The van der Waals surface area contributed by atoms with E-state index in [0.717, 1.165) is 56.5 Å². The van der Waals surface area contributed by atoms with E-state index in [4.69, 9.17) is 16.6 Å². The molecule has 1 aromatic heterocycles. The molecule has 1 fully saturated rings. The van der Waals surface area contributed by atoms with Gasteiger partial charge in [-0.3, -0.25) is 14.7 Å². The van der Waals surface area contributed by atoms with Gasteiger partial charge in [-0.25, -0.2) is 0 Å². The van der Waals surface area contributed by atoms with E-state index in [-0.39, 0.29) is 5.91 Å². The summed E-state index contributed by atoms with van der Waals surface area (Å²) < 4.78 is 0. The Kier molecular flexibility index (Phi) is 6.96. The van der Waals surface area contributed by atoms with Crippen LogP contribution in [0.2, 0.25) is 5.02 Å². The molecule has 4 rings (SSSR count). The number of hydrogen-bond acceptors (Lipinski definition) is 5. The number of amides is 1. The maximum absolute atomic E-state index is 12.5. The van der Waals surface area contributed by atoms with Crippen LogP contribution in [0.5, 0.6) is 0 Å². The van der Waals surface area contributed by atoms with Crippen LogP contribution in [-0.4, -0.2) is 72.8 Å². The van der Waals surface area contributed by atoms with Gasteiger partial charge in [0.15, 0.2) is 0 Å². The Labute approximate surface area is 182 Å². The lowest BCUT2D eigenvalue weighted by Crippen LogP contribution is -2.47. The lowest BCUT2D eigenvalue weighted by atomic mass is 9.94. The van der Waals surface area contributed by atoms with Crippen molar-refractivity contribution in [3.8, 4) is 0 Å². The summed E-state index contributed by atoms with van der Waals surface area (Å²) in [5, 5.41) is 4.92. The van der Waals surface area contributed by atoms with Crippen LogP contribution in [0, 0.1) is 0 Å². The lowest BCUT2D eigenvalue weighted by molar-refractivity contribution is -0.118. The number of hydrogen-bond donors (Lipinski definition) is 1. The van der Waals surface area contributed by atoms with E-state index < -0.39 is 0 Å². The zero-order chi connectivity index (χ0) is 20.2. The highest BCUT2D eigenvalue weighted by Crippen LogP contribution is 2.36. The van der Waals surface area contributed by atoms with Crippen LogP contribution in [0.15, 0.2) is 23.1 Å². The van der Waals surface area contributed by atoms with Crippen molar-refractivity contribution in [2.24, 2.45) is 0 Å². The second-order valence-corrected chi connectivity index (χ2v) is 9.44. The zero-order valence-corrected chi connectivity index (χ0v) is 18.6. The molecule has 2 aromatic rings. The van der Waals surface area contributed by atoms with Gasteiger partial charge in [0.1, 0.15) is 0 Å². The van der Waals surface area contributed by atoms with Gasteiger partial charge in [-0.1, -0.05) is 17.7 Å². The van der Waals surface area contributed by atoms with Gasteiger partial charge in [0, 0.05) is 60.3 Å². The molecule has 1 aliphatic heterocycles. The highest BCUT2D eigenvalue weighted by molar-refractivity contribution is 8.00. The van der Waals surface area contributed by atoms with E-state index in [1.165, 1.54) is 29.0 Å². The molecule has 0 bridgehead atoms. The number of aryl methyl sites for hydroxylation is 1. The molecule has 1 N–H and O–H groups in total. The van der Waals surface area contributed by atoms with Gasteiger partial charge in [0.2, 0.25) is 5.91 Å². The zero-order valence-electron chi connectivity index (χ0n) is 17.0. The molecule has 0 radical (unpaired) electrons. The molecule has 1 aromatic carbocycles.